The summed E-state index contributed by atoms with van der Waals surface area (Å²) in [4.78, 5) is 0. The number of benzene rings is 1. The van der Waals surface area contributed by atoms with Crippen LogP contribution in [-0.2, 0) is 11.8 Å². The van der Waals surface area contributed by atoms with Crippen LogP contribution in [0.4, 0.5) is 0 Å². The number of allylic oxidation sites excluding steroid dienone is 1. The third-order valence-electron chi connectivity index (χ3n) is 5.79. The second kappa shape index (κ2) is 4.25. The Morgan fingerprint density at radius 2 is 2.15 bits per heavy atom. The summed E-state index contributed by atoms with van der Waals surface area (Å²) in [6.45, 7) is 6.55. The molecule has 0 unspecified atom stereocenters. The second-order valence-corrected chi connectivity index (χ2v) is 6.75. The van der Waals surface area contributed by atoms with Crippen molar-refractivity contribution >= 4 is 11.0 Å². The fourth-order valence-corrected chi connectivity index (χ4v) is 4.87. The molecule has 0 N–H and O–H groups in total. The maximum absolute atomic E-state index is 6.15. The number of fused-ring (bicyclic) bond motifs is 5. The van der Waals surface area contributed by atoms with Crippen molar-refractivity contribution in [3.8, 4) is 0 Å². The second-order valence-electron chi connectivity index (χ2n) is 6.75. The predicted octanol–water partition coefficient (Wildman–Crippen LogP) is 5.24. The monoisotopic (exact) mass is 266 g/mol. The summed E-state index contributed by atoms with van der Waals surface area (Å²) in [6, 6.07) is 8.56. The van der Waals surface area contributed by atoms with Gasteiger partial charge in [0.25, 0.3) is 0 Å². The molecule has 1 heteroatoms. The summed E-state index contributed by atoms with van der Waals surface area (Å²) in [5.41, 5.74) is 2.85. The molecule has 1 aromatic carbocycles. The highest BCUT2D eigenvalue weighted by Crippen LogP contribution is 2.54. The molecule has 104 valence electrons. The van der Waals surface area contributed by atoms with Crippen molar-refractivity contribution in [2.75, 3.05) is 0 Å². The van der Waals surface area contributed by atoms with Crippen LogP contribution in [0.2, 0.25) is 0 Å². The molecule has 1 fully saturated rings. The Morgan fingerprint density at radius 3 is 3.00 bits per heavy atom. The standard InChI is InChI=1S/C19H22O/c1-3-13-7-6-12-19(2)15(13)10-11-17-18(19)14-8-4-5-9-16(14)20-17/h3-5,8-9,13,15H,1,6-7,10-12H2,2H3/t13-,15-,19+/m1/s1. The Balaban J connectivity index is 1.94. The Labute approximate surface area is 120 Å². The predicted molar refractivity (Wildman–Crippen MR) is 82.9 cm³/mol. The summed E-state index contributed by atoms with van der Waals surface area (Å²) < 4.78 is 6.15. The molecule has 1 saturated carbocycles. The van der Waals surface area contributed by atoms with Crippen LogP contribution in [-0.4, -0.2) is 0 Å². The number of furan rings is 1. The van der Waals surface area contributed by atoms with Crippen LogP contribution in [0.3, 0.4) is 0 Å². The van der Waals surface area contributed by atoms with E-state index in [9.17, 15) is 0 Å². The molecule has 2 aliphatic rings. The van der Waals surface area contributed by atoms with Crippen molar-refractivity contribution < 1.29 is 4.42 Å². The topological polar surface area (TPSA) is 13.1 Å². The van der Waals surface area contributed by atoms with Gasteiger partial charge in [-0.3, -0.25) is 0 Å². The van der Waals surface area contributed by atoms with E-state index in [1.54, 1.807) is 0 Å². The van der Waals surface area contributed by atoms with Gasteiger partial charge < -0.3 is 4.42 Å². The average molecular weight is 266 g/mol. The van der Waals surface area contributed by atoms with Gasteiger partial charge in [-0.2, -0.15) is 0 Å². The van der Waals surface area contributed by atoms with Crippen molar-refractivity contribution in [2.45, 2.75) is 44.4 Å². The normalized spacial score (nSPS) is 32.6. The lowest BCUT2D eigenvalue weighted by atomic mass is 9.55. The molecule has 0 saturated heterocycles. The van der Waals surface area contributed by atoms with E-state index < -0.39 is 0 Å². The molecule has 2 aliphatic carbocycles. The van der Waals surface area contributed by atoms with Crippen LogP contribution >= 0.6 is 0 Å². The maximum Gasteiger partial charge on any atom is 0.134 e. The molecule has 1 aromatic heterocycles. The summed E-state index contributed by atoms with van der Waals surface area (Å²) in [7, 11) is 0. The third-order valence-corrected chi connectivity index (χ3v) is 5.79. The Bertz CT molecular complexity index is 665. The zero-order valence-electron chi connectivity index (χ0n) is 12.2. The zero-order chi connectivity index (χ0) is 13.7. The van der Waals surface area contributed by atoms with E-state index >= 15 is 0 Å². The first-order valence-electron chi connectivity index (χ1n) is 7.87. The van der Waals surface area contributed by atoms with Crippen molar-refractivity contribution in [3.05, 3.63) is 48.2 Å². The molecule has 0 aliphatic heterocycles. The molecule has 1 nitrogen and oxygen atoms in total. The van der Waals surface area contributed by atoms with Crippen LogP contribution in [0.5, 0.6) is 0 Å². The van der Waals surface area contributed by atoms with E-state index in [1.807, 2.05) is 0 Å². The Morgan fingerprint density at radius 1 is 1.30 bits per heavy atom. The lowest BCUT2D eigenvalue weighted by Gasteiger charge is -2.48. The van der Waals surface area contributed by atoms with E-state index in [4.69, 9.17) is 4.42 Å². The summed E-state index contributed by atoms with van der Waals surface area (Å²) in [6.07, 6.45) is 8.46. The number of rotatable bonds is 1. The number of para-hydroxylation sites is 1. The van der Waals surface area contributed by atoms with E-state index in [1.165, 1.54) is 42.4 Å². The molecule has 2 aromatic rings. The minimum absolute atomic E-state index is 0.275. The number of hydrogen-bond donors (Lipinski definition) is 0. The van der Waals surface area contributed by atoms with Crippen molar-refractivity contribution in [3.63, 3.8) is 0 Å². The third kappa shape index (κ3) is 1.49. The van der Waals surface area contributed by atoms with Gasteiger partial charge in [0.2, 0.25) is 0 Å². The number of aryl methyl sites for hydroxylation is 1. The van der Waals surface area contributed by atoms with Crippen LogP contribution in [0.1, 0.15) is 43.9 Å². The molecular formula is C19H22O. The van der Waals surface area contributed by atoms with Gasteiger partial charge in [-0.05, 0) is 42.6 Å². The molecule has 3 atom stereocenters. The van der Waals surface area contributed by atoms with Gasteiger partial charge in [0.15, 0.2) is 0 Å². The summed E-state index contributed by atoms with van der Waals surface area (Å²) >= 11 is 0. The highest BCUT2D eigenvalue weighted by Gasteiger charge is 2.47. The fourth-order valence-electron chi connectivity index (χ4n) is 4.87. The first kappa shape index (κ1) is 12.3. The van der Waals surface area contributed by atoms with Gasteiger partial charge in [-0.1, -0.05) is 37.6 Å². The van der Waals surface area contributed by atoms with Gasteiger partial charge in [0.1, 0.15) is 11.3 Å². The van der Waals surface area contributed by atoms with E-state index in [-0.39, 0.29) is 5.41 Å². The molecule has 0 amide bonds. The van der Waals surface area contributed by atoms with Crippen LogP contribution in [0.25, 0.3) is 11.0 Å². The Hall–Kier alpha value is -1.50. The Kier molecular flexibility index (Phi) is 2.60. The molecule has 0 radical (unpaired) electrons. The lowest BCUT2D eigenvalue weighted by Crippen LogP contribution is -2.43. The molecule has 1 heterocycles. The smallest absolute Gasteiger partial charge is 0.134 e. The molecule has 20 heavy (non-hydrogen) atoms. The highest BCUT2D eigenvalue weighted by molar-refractivity contribution is 5.84. The van der Waals surface area contributed by atoms with Gasteiger partial charge in [-0.25, -0.2) is 0 Å². The molecule has 4 rings (SSSR count). The SMILES string of the molecule is C=C[C@@H]1CCC[C@]2(C)c3c(oc4ccccc34)CC[C@H]12. The first-order valence-corrected chi connectivity index (χ1v) is 7.87. The van der Waals surface area contributed by atoms with E-state index in [0.717, 1.165) is 17.9 Å². The van der Waals surface area contributed by atoms with Crippen LogP contribution in [0.15, 0.2) is 41.3 Å². The van der Waals surface area contributed by atoms with Crippen LogP contribution < -0.4 is 0 Å². The fraction of sp³-hybridized carbons (Fsp3) is 0.474. The molecule has 0 spiro atoms. The molecular weight excluding hydrogens is 244 g/mol. The first-order chi connectivity index (χ1) is 9.74. The summed E-state index contributed by atoms with van der Waals surface area (Å²) in [5.74, 6) is 2.66. The zero-order valence-corrected chi connectivity index (χ0v) is 12.2. The quantitative estimate of drug-likeness (QED) is 0.643. The highest BCUT2D eigenvalue weighted by atomic mass is 16.3. The lowest BCUT2D eigenvalue weighted by molar-refractivity contribution is 0.130. The minimum atomic E-state index is 0.275. The van der Waals surface area contributed by atoms with Gasteiger partial charge in [0.05, 0.1) is 0 Å². The average Bonchev–Trinajstić information content (AvgIpc) is 2.85. The maximum atomic E-state index is 6.15. The van der Waals surface area contributed by atoms with Gasteiger partial charge >= 0.3 is 0 Å². The molecule has 0 bridgehead atoms. The number of hydrogen-bond acceptors (Lipinski definition) is 1. The summed E-state index contributed by atoms with van der Waals surface area (Å²) in [5, 5.41) is 1.35. The van der Waals surface area contributed by atoms with Gasteiger partial charge in [0, 0.05) is 17.4 Å². The van der Waals surface area contributed by atoms with Crippen molar-refractivity contribution in [1.82, 2.24) is 0 Å². The van der Waals surface area contributed by atoms with E-state index in [2.05, 4.69) is 43.8 Å². The van der Waals surface area contributed by atoms with Crippen molar-refractivity contribution in [1.29, 1.82) is 0 Å². The minimum Gasteiger partial charge on any atom is -0.461 e. The van der Waals surface area contributed by atoms with Gasteiger partial charge in [-0.15, -0.1) is 6.58 Å². The van der Waals surface area contributed by atoms with Crippen LogP contribution in [0, 0.1) is 11.8 Å². The largest absolute Gasteiger partial charge is 0.461 e. The van der Waals surface area contributed by atoms with Crippen molar-refractivity contribution in [2.24, 2.45) is 11.8 Å². The van der Waals surface area contributed by atoms with E-state index in [0.29, 0.717) is 5.92 Å².